The van der Waals surface area contributed by atoms with E-state index in [2.05, 4.69) is 33.5 Å². The number of fused-ring (bicyclic) bond motifs is 1. The Kier molecular flexibility index (Phi) is 4.57. The van der Waals surface area contributed by atoms with Crippen LogP contribution in [0.4, 0.5) is 0 Å². The van der Waals surface area contributed by atoms with Crippen molar-refractivity contribution >= 4 is 28.4 Å². The lowest BCUT2D eigenvalue weighted by molar-refractivity contribution is 0.0934. The van der Waals surface area contributed by atoms with Crippen LogP contribution in [0.1, 0.15) is 29.0 Å². The zero-order valence-corrected chi connectivity index (χ0v) is 13.8. The van der Waals surface area contributed by atoms with Crippen molar-refractivity contribution in [1.29, 1.82) is 0 Å². The minimum Gasteiger partial charge on any atom is -0.344 e. The van der Waals surface area contributed by atoms with Crippen molar-refractivity contribution in [2.75, 3.05) is 6.26 Å². The van der Waals surface area contributed by atoms with Gasteiger partial charge in [-0.15, -0.1) is 0 Å². The van der Waals surface area contributed by atoms with E-state index < -0.39 is 0 Å². The fourth-order valence-electron chi connectivity index (χ4n) is 2.54. The predicted octanol–water partition coefficient (Wildman–Crippen LogP) is 3.84. The largest absolute Gasteiger partial charge is 0.344 e. The number of hydrogen-bond donors (Lipinski definition) is 1. The number of nitrogens with zero attached hydrogens (tertiary/aromatic N) is 2. The summed E-state index contributed by atoms with van der Waals surface area (Å²) in [5, 5.41) is 5.92. The van der Waals surface area contributed by atoms with E-state index in [-0.39, 0.29) is 11.9 Å². The zero-order valence-electron chi connectivity index (χ0n) is 13.0. The molecule has 0 fully saturated rings. The summed E-state index contributed by atoms with van der Waals surface area (Å²) in [5.41, 5.74) is 1.48. The van der Waals surface area contributed by atoms with Gasteiger partial charge in [0, 0.05) is 6.20 Å². The zero-order chi connectivity index (χ0) is 16.2. The van der Waals surface area contributed by atoms with Gasteiger partial charge < -0.3 is 5.32 Å². The summed E-state index contributed by atoms with van der Waals surface area (Å²) < 4.78 is 0. The minimum atomic E-state index is -0.192. The topological polar surface area (TPSA) is 54.9 Å². The summed E-state index contributed by atoms with van der Waals surface area (Å²) in [5.74, 6) is -0.192. The second-order valence-corrected chi connectivity index (χ2v) is 5.97. The number of carbonyl (C=O) groups is 1. The number of amides is 1. The maximum Gasteiger partial charge on any atom is 0.270 e. The first kappa shape index (κ1) is 15.5. The van der Waals surface area contributed by atoms with Crippen LogP contribution in [-0.2, 0) is 0 Å². The van der Waals surface area contributed by atoms with Crippen LogP contribution < -0.4 is 5.32 Å². The number of rotatable bonds is 4. The van der Waals surface area contributed by atoms with Crippen LogP contribution in [0.2, 0.25) is 0 Å². The van der Waals surface area contributed by atoms with Gasteiger partial charge in [0.15, 0.2) is 5.16 Å². The number of benzene rings is 2. The molecule has 1 unspecified atom stereocenters. The number of aromatic nitrogens is 2. The van der Waals surface area contributed by atoms with Crippen molar-refractivity contribution in [1.82, 2.24) is 15.3 Å². The van der Waals surface area contributed by atoms with Crippen LogP contribution in [0.3, 0.4) is 0 Å². The summed E-state index contributed by atoms with van der Waals surface area (Å²) >= 11 is 1.42. The number of hydrogen-bond acceptors (Lipinski definition) is 4. The maximum absolute atomic E-state index is 12.4. The summed E-state index contributed by atoms with van der Waals surface area (Å²) in [6, 6.07) is 15.8. The second kappa shape index (κ2) is 6.79. The first-order valence-electron chi connectivity index (χ1n) is 7.34. The third-order valence-electron chi connectivity index (χ3n) is 3.69. The van der Waals surface area contributed by atoms with Crippen molar-refractivity contribution in [2.24, 2.45) is 0 Å². The molecular formula is C18H17N3OS. The van der Waals surface area contributed by atoms with E-state index in [1.165, 1.54) is 11.8 Å². The van der Waals surface area contributed by atoms with E-state index in [0.29, 0.717) is 10.9 Å². The van der Waals surface area contributed by atoms with Crippen LogP contribution in [0.15, 0.2) is 59.9 Å². The highest BCUT2D eigenvalue weighted by atomic mass is 32.2. The van der Waals surface area contributed by atoms with Crippen LogP contribution in [0, 0.1) is 0 Å². The van der Waals surface area contributed by atoms with Gasteiger partial charge in [-0.25, -0.2) is 9.97 Å². The van der Waals surface area contributed by atoms with Crippen LogP contribution in [-0.4, -0.2) is 22.1 Å². The van der Waals surface area contributed by atoms with Crippen molar-refractivity contribution < 1.29 is 4.79 Å². The van der Waals surface area contributed by atoms with Gasteiger partial charge in [0.1, 0.15) is 5.69 Å². The summed E-state index contributed by atoms with van der Waals surface area (Å²) in [6.07, 6.45) is 3.49. The molecule has 116 valence electrons. The molecule has 0 saturated carbocycles. The number of nitrogens with one attached hydrogen (secondary N) is 1. The third kappa shape index (κ3) is 3.35. The molecule has 0 saturated heterocycles. The SMILES string of the molecule is CSc1nccc(C(=O)NC(C)c2cccc3ccccc23)n1. The average Bonchev–Trinajstić information content (AvgIpc) is 2.61. The number of carbonyl (C=O) groups excluding carboxylic acids is 1. The summed E-state index contributed by atoms with van der Waals surface area (Å²) in [6.45, 7) is 1.98. The van der Waals surface area contributed by atoms with Gasteiger partial charge in [-0.1, -0.05) is 54.2 Å². The number of thioether (sulfide) groups is 1. The Hall–Kier alpha value is -2.40. The molecule has 0 aliphatic carbocycles. The van der Waals surface area contributed by atoms with Gasteiger partial charge in [-0.2, -0.15) is 0 Å². The Morgan fingerprint density at radius 1 is 1.13 bits per heavy atom. The molecule has 0 aliphatic rings. The average molecular weight is 323 g/mol. The molecule has 0 aliphatic heterocycles. The Morgan fingerprint density at radius 2 is 1.91 bits per heavy atom. The highest BCUT2D eigenvalue weighted by Crippen LogP contribution is 2.24. The molecular weight excluding hydrogens is 306 g/mol. The molecule has 0 radical (unpaired) electrons. The molecule has 1 N–H and O–H groups in total. The quantitative estimate of drug-likeness (QED) is 0.585. The van der Waals surface area contributed by atoms with Gasteiger partial charge in [0.25, 0.3) is 5.91 Å². The van der Waals surface area contributed by atoms with E-state index in [0.717, 1.165) is 16.3 Å². The molecule has 3 aromatic rings. The Morgan fingerprint density at radius 3 is 2.74 bits per heavy atom. The molecule has 1 aromatic heterocycles. The molecule has 0 spiro atoms. The third-order valence-corrected chi connectivity index (χ3v) is 4.25. The van der Waals surface area contributed by atoms with Crippen molar-refractivity contribution in [3.8, 4) is 0 Å². The van der Waals surface area contributed by atoms with Gasteiger partial charge in [-0.3, -0.25) is 4.79 Å². The van der Waals surface area contributed by atoms with E-state index >= 15 is 0 Å². The van der Waals surface area contributed by atoms with Crippen LogP contribution in [0.5, 0.6) is 0 Å². The van der Waals surface area contributed by atoms with Crippen molar-refractivity contribution in [2.45, 2.75) is 18.1 Å². The highest BCUT2D eigenvalue weighted by Gasteiger charge is 2.15. The molecule has 0 bridgehead atoms. The lowest BCUT2D eigenvalue weighted by Gasteiger charge is -2.16. The summed E-state index contributed by atoms with van der Waals surface area (Å²) in [7, 11) is 0. The van der Waals surface area contributed by atoms with E-state index in [9.17, 15) is 4.79 Å². The fraction of sp³-hybridized carbons (Fsp3) is 0.167. The standard InChI is InChI=1S/C18H17N3OS/c1-12(14-9-5-7-13-6-3-4-8-15(13)14)20-17(22)16-10-11-19-18(21-16)23-2/h3-12H,1-2H3,(H,20,22). The summed E-state index contributed by atoms with van der Waals surface area (Å²) in [4.78, 5) is 20.8. The Labute approximate surface area is 139 Å². The van der Waals surface area contributed by atoms with Crippen molar-refractivity contribution in [3.05, 3.63) is 66.0 Å². The van der Waals surface area contributed by atoms with Gasteiger partial charge in [0.2, 0.25) is 0 Å². The molecule has 2 aromatic carbocycles. The minimum absolute atomic E-state index is 0.110. The second-order valence-electron chi connectivity index (χ2n) is 5.19. The lowest BCUT2D eigenvalue weighted by atomic mass is 9.99. The van der Waals surface area contributed by atoms with Gasteiger partial charge in [-0.05, 0) is 35.6 Å². The Balaban J connectivity index is 1.85. The molecule has 23 heavy (non-hydrogen) atoms. The van der Waals surface area contributed by atoms with E-state index in [4.69, 9.17) is 0 Å². The first-order chi connectivity index (χ1) is 11.2. The molecule has 3 rings (SSSR count). The van der Waals surface area contributed by atoms with Gasteiger partial charge >= 0.3 is 0 Å². The molecule has 1 amide bonds. The molecule has 4 nitrogen and oxygen atoms in total. The van der Waals surface area contributed by atoms with Crippen LogP contribution >= 0.6 is 11.8 Å². The first-order valence-corrected chi connectivity index (χ1v) is 8.57. The van der Waals surface area contributed by atoms with Gasteiger partial charge in [0.05, 0.1) is 6.04 Å². The van der Waals surface area contributed by atoms with Crippen molar-refractivity contribution in [3.63, 3.8) is 0 Å². The monoisotopic (exact) mass is 323 g/mol. The van der Waals surface area contributed by atoms with Crippen LogP contribution in [0.25, 0.3) is 10.8 Å². The highest BCUT2D eigenvalue weighted by molar-refractivity contribution is 7.98. The fourth-order valence-corrected chi connectivity index (χ4v) is 2.90. The molecule has 1 atom stereocenters. The predicted molar refractivity (Wildman–Crippen MR) is 93.6 cm³/mol. The van der Waals surface area contributed by atoms with E-state index in [1.54, 1.807) is 12.3 Å². The van der Waals surface area contributed by atoms with E-state index in [1.807, 2.05) is 37.4 Å². The smallest absolute Gasteiger partial charge is 0.270 e. The normalized spacial score (nSPS) is 12.1. The lowest BCUT2D eigenvalue weighted by Crippen LogP contribution is -2.27. The Bertz CT molecular complexity index is 845. The molecule has 5 heteroatoms. The maximum atomic E-state index is 12.4. The molecule has 1 heterocycles.